The van der Waals surface area contributed by atoms with Crippen LogP contribution in [0, 0.1) is 11.8 Å². The maximum Gasteiger partial charge on any atom is 0.417 e. The van der Waals surface area contributed by atoms with E-state index in [2.05, 4.69) is 4.98 Å². The van der Waals surface area contributed by atoms with Gasteiger partial charge < -0.3 is 14.4 Å². The molecule has 1 aliphatic carbocycles. The van der Waals surface area contributed by atoms with E-state index in [4.69, 9.17) is 9.47 Å². The van der Waals surface area contributed by atoms with Crippen molar-refractivity contribution < 1.29 is 27.4 Å². The summed E-state index contributed by atoms with van der Waals surface area (Å²) in [4.78, 5) is 17.3. The molecule has 174 valence electrons. The molecule has 0 aromatic carbocycles. The van der Waals surface area contributed by atoms with Crippen LogP contribution in [0.25, 0.3) is 0 Å². The van der Waals surface area contributed by atoms with Crippen molar-refractivity contribution in [2.75, 3.05) is 31.2 Å². The Morgan fingerprint density at radius 3 is 2.55 bits per heavy atom. The van der Waals surface area contributed by atoms with Crippen molar-refractivity contribution in [3.63, 3.8) is 0 Å². The fourth-order valence-corrected chi connectivity index (χ4v) is 4.57. The van der Waals surface area contributed by atoms with E-state index in [0.29, 0.717) is 37.0 Å². The number of hydrogen-bond donors (Lipinski definition) is 0. The van der Waals surface area contributed by atoms with Gasteiger partial charge in [-0.3, -0.25) is 4.79 Å². The molecule has 8 heteroatoms. The van der Waals surface area contributed by atoms with Crippen molar-refractivity contribution in [1.82, 2.24) is 4.98 Å². The third-order valence-electron chi connectivity index (χ3n) is 6.44. The van der Waals surface area contributed by atoms with E-state index in [-0.39, 0.29) is 11.9 Å². The van der Waals surface area contributed by atoms with E-state index >= 15 is 0 Å². The molecule has 0 spiro atoms. The molecule has 3 rings (SSSR count). The van der Waals surface area contributed by atoms with Crippen LogP contribution >= 0.6 is 0 Å². The van der Waals surface area contributed by atoms with Gasteiger partial charge in [0.15, 0.2) is 12.6 Å². The molecule has 0 amide bonds. The molecule has 0 bridgehead atoms. The molecule has 5 nitrogen and oxygen atoms in total. The number of alkyl halides is 3. The lowest BCUT2D eigenvalue weighted by molar-refractivity contribution is -0.164. The lowest BCUT2D eigenvalue weighted by Gasteiger charge is -2.33. The van der Waals surface area contributed by atoms with Crippen molar-refractivity contribution in [3.05, 3.63) is 23.4 Å². The topological polar surface area (TPSA) is 51.7 Å². The Bertz CT molecular complexity index is 700. The first-order chi connectivity index (χ1) is 14.9. The molecule has 1 aromatic heterocycles. The molecule has 31 heavy (non-hydrogen) atoms. The van der Waals surface area contributed by atoms with Crippen LogP contribution in [0.5, 0.6) is 0 Å². The van der Waals surface area contributed by atoms with Crippen LogP contribution in [0.1, 0.15) is 74.2 Å². The number of pyridine rings is 1. The minimum atomic E-state index is -4.51. The van der Waals surface area contributed by atoms with Crippen molar-refractivity contribution in [1.29, 1.82) is 0 Å². The molecule has 1 saturated carbocycles. The van der Waals surface area contributed by atoms with Gasteiger partial charge in [-0.05, 0) is 63.4 Å². The standard InChI is InChI=1S/C23H33F3N2O3/c1-2-28(22-19(16-29)13-20(14-27-22)23(24,25)26)15-18-8-6-17(7-9-18)10-12-31-21-5-3-4-11-30-21/h13-14,16-18,21H,2-12,15H2,1H3. The van der Waals surface area contributed by atoms with Crippen LogP contribution < -0.4 is 4.90 Å². The predicted octanol–water partition coefficient (Wildman–Crippen LogP) is 5.48. The van der Waals surface area contributed by atoms with Gasteiger partial charge in [0.25, 0.3) is 0 Å². The Morgan fingerprint density at radius 2 is 1.94 bits per heavy atom. The second kappa shape index (κ2) is 11.3. The number of hydrogen-bond acceptors (Lipinski definition) is 5. The number of anilines is 1. The minimum absolute atomic E-state index is 0.00700. The predicted molar refractivity (Wildman–Crippen MR) is 112 cm³/mol. The maximum absolute atomic E-state index is 12.9. The van der Waals surface area contributed by atoms with E-state index in [1.165, 1.54) is 6.42 Å². The van der Waals surface area contributed by atoms with E-state index in [1.807, 2.05) is 11.8 Å². The average Bonchev–Trinajstić information content (AvgIpc) is 2.78. The summed E-state index contributed by atoms with van der Waals surface area (Å²) in [5.74, 6) is 1.43. The number of rotatable bonds is 9. The fraction of sp³-hybridized carbons (Fsp3) is 0.739. The summed E-state index contributed by atoms with van der Waals surface area (Å²) < 4.78 is 50.3. The molecule has 1 aliphatic heterocycles. The number of halogens is 3. The molecule has 1 aromatic rings. The van der Waals surface area contributed by atoms with Crippen LogP contribution in [0.15, 0.2) is 12.3 Å². The Labute approximate surface area is 182 Å². The summed E-state index contributed by atoms with van der Waals surface area (Å²) in [6.45, 7) is 4.76. The van der Waals surface area contributed by atoms with Gasteiger partial charge in [0.05, 0.1) is 11.1 Å². The highest BCUT2D eigenvalue weighted by Gasteiger charge is 2.32. The third kappa shape index (κ3) is 6.91. The summed E-state index contributed by atoms with van der Waals surface area (Å²) in [7, 11) is 0. The van der Waals surface area contributed by atoms with Gasteiger partial charge in [-0.15, -0.1) is 0 Å². The van der Waals surface area contributed by atoms with Gasteiger partial charge in [-0.25, -0.2) is 4.98 Å². The van der Waals surface area contributed by atoms with Crippen LogP contribution in [0.2, 0.25) is 0 Å². The SMILES string of the molecule is CCN(CC1CCC(CCOC2CCCCO2)CC1)c1ncc(C(F)(F)F)cc1C=O. The van der Waals surface area contributed by atoms with Crippen LogP contribution in [0.3, 0.4) is 0 Å². The zero-order valence-electron chi connectivity index (χ0n) is 18.2. The van der Waals surface area contributed by atoms with E-state index in [1.54, 1.807) is 0 Å². The van der Waals surface area contributed by atoms with E-state index in [9.17, 15) is 18.0 Å². The molecule has 2 heterocycles. The molecule has 2 fully saturated rings. The Kier molecular flexibility index (Phi) is 8.72. The van der Waals surface area contributed by atoms with E-state index in [0.717, 1.165) is 70.4 Å². The highest BCUT2D eigenvalue weighted by atomic mass is 19.4. The number of carbonyl (C=O) groups is 1. The summed E-state index contributed by atoms with van der Waals surface area (Å²) >= 11 is 0. The second-order valence-corrected chi connectivity index (χ2v) is 8.63. The van der Waals surface area contributed by atoms with Crippen LogP contribution in [-0.2, 0) is 15.7 Å². The van der Waals surface area contributed by atoms with Gasteiger partial charge in [0.1, 0.15) is 5.82 Å². The second-order valence-electron chi connectivity index (χ2n) is 8.63. The number of aromatic nitrogens is 1. The largest absolute Gasteiger partial charge is 0.417 e. The number of nitrogens with zero attached hydrogens (tertiary/aromatic N) is 2. The van der Waals surface area contributed by atoms with Crippen molar-refractivity contribution in [3.8, 4) is 0 Å². The zero-order chi connectivity index (χ0) is 22.3. The first-order valence-corrected chi connectivity index (χ1v) is 11.4. The third-order valence-corrected chi connectivity index (χ3v) is 6.44. The van der Waals surface area contributed by atoms with Gasteiger partial charge in [-0.1, -0.05) is 12.8 Å². The lowest BCUT2D eigenvalue weighted by Crippen LogP contribution is -2.33. The Hall–Kier alpha value is -1.67. The molecule has 0 radical (unpaired) electrons. The molecule has 0 N–H and O–H groups in total. The fourth-order valence-electron chi connectivity index (χ4n) is 4.57. The Morgan fingerprint density at radius 1 is 1.19 bits per heavy atom. The summed E-state index contributed by atoms with van der Waals surface area (Å²) in [6.07, 6.45) is 5.44. The number of ether oxygens (including phenoxy) is 2. The average molecular weight is 443 g/mol. The van der Waals surface area contributed by atoms with Crippen LogP contribution in [0.4, 0.5) is 19.0 Å². The molecule has 1 unspecified atom stereocenters. The van der Waals surface area contributed by atoms with Gasteiger partial charge in [0, 0.05) is 32.5 Å². The summed E-state index contributed by atoms with van der Waals surface area (Å²) in [5, 5.41) is 0. The molecular formula is C23H33F3N2O3. The molecule has 1 atom stereocenters. The highest BCUT2D eigenvalue weighted by Crippen LogP contribution is 2.34. The van der Waals surface area contributed by atoms with Gasteiger partial charge in [0.2, 0.25) is 0 Å². The van der Waals surface area contributed by atoms with Gasteiger partial charge in [-0.2, -0.15) is 13.2 Å². The molecular weight excluding hydrogens is 409 g/mol. The normalized spacial score (nSPS) is 24.7. The highest BCUT2D eigenvalue weighted by molar-refractivity contribution is 5.83. The van der Waals surface area contributed by atoms with Crippen LogP contribution in [-0.4, -0.2) is 43.9 Å². The maximum atomic E-state index is 12.9. The first kappa shape index (κ1) is 24.0. The first-order valence-electron chi connectivity index (χ1n) is 11.4. The Balaban J connectivity index is 1.48. The summed E-state index contributed by atoms with van der Waals surface area (Å²) in [6, 6.07) is 0.894. The monoisotopic (exact) mass is 442 g/mol. The number of carbonyl (C=O) groups excluding carboxylic acids is 1. The lowest BCUT2D eigenvalue weighted by atomic mass is 9.80. The molecule has 2 aliphatic rings. The number of aldehydes is 1. The van der Waals surface area contributed by atoms with Gasteiger partial charge >= 0.3 is 6.18 Å². The molecule has 1 saturated heterocycles. The minimum Gasteiger partial charge on any atom is -0.356 e. The van der Waals surface area contributed by atoms with Crippen molar-refractivity contribution in [2.45, 2.75) is 70.8 Å². The quantitative estimate of drug-likeness (QED) is 0.474. The van der Waals surface area contributed by atoms with Crippen molar-refractivity contribution in [2.24, 2.45) is 11.8 Å². The van der Waals surface area contributed by atoms with E-state index < -0.39 is 11.7 Å². The smallest absolute Gasteiger partial charge is 0.356 e. The summed E-state index contributed by atoms with van der Waals surface area (Å²) in [5.41, 5.74) is -0.900. The zero-order valence-corrected chi connectivity index (χ0v) is 18.2. The van der Waals surface area contributed by atoms with Crippen molar-refractivity contribution >= 4 is 12.1 Å².